The molecule has 3 fully saturated rings. The van der Waals surface area contributed by atoms with Crippen LogP contribution >= 0.6 is 0 Å². The van der Waals surface area contributed by atoms with Crippen molar-refractivity contribution in [2.45, 2.75) is 38.8 Å². The van der Waals surface area contributed by atoms with Gasteiger partial charge in [-0.2, -0.15) is 0 Å². The van der Waals surface area contributed by atoms with Crippen LogP contribution in [0.3, 0.4) is 0 Å². The van der Waals surface area contributed by atoms with E-state index >= 15 is 0 Å². The molecule has 3 saturated heterocycles. The molecule has 5 rings (SSSR count). The van der Waals surface area contributed by atoms with E-state index in [0.29, 0.717) is 34.6 Å². The number of carbonyl (C=O) groups is 2. The van der Waals surface area contributed by atoms with Crippen molar-refractivity contribution in [3.05, 3.63) is 59.7 Å². The molecule has 3 aliphatic heterocycles. The molecule has 3 heterocycles. The lowest BCUT2D eigenvalue weighted by molar-refractivity contribution is 0.0217. The molecule has 5 heteroatoms. The number of nitrogens with one attached hydrogen (secondary N) is 1. The van der Waals surface area contributed by atoms with E-state index in [2.05, 4.69) is 17.1 Å². The number of piperidine rings is 3. The van der Waals surface area contributed by atoms with E-state index in [9.17, 15) is 9.59 Å². The zero-order valence-corrected chi connectivity index (χ0v) is 16.4. The van der Waals surface area contributed by atoms with Crippen LogP contribution in [0.4, 0.5) is 0 Å². The van der Waals surface area contributed by atoms with Crippen LogP contribution in [0.25, 0.3) is 0 Å². The zero-order valence-electron chi connectivity index (χ0n) is 16.4. The Balaban J connectivity index is 1.43. The predicted molar refractivity (Wildman–Crippen MR) is 108 cm³/mol. The van der Waals surface area contributed by atoms with Crippen molar-refractivity contribution >= 4 is 11.7 Å². The standard InChI is InChI=1S/C23H26N2O3/c1-15-22(17-11-13-25(15)14-12-17)24-23(27)18-7-9-19(10-8-18)28-21-6-4-3-5-20(21)16(2)26/h3-10,15,17,22H,11-14H2,1-2H3,(H,24,27)/t15-,22-/m0/s1. The van der Waals surface area contributed by atoms with Crippen molar-refractivity contribution in [1.82, 2.24) is 10.2 Å². The molecular formula is C23H26N2O3. The van der Waals surface area contributed by atoms with Crippen LogP contribution in [-0.2, 0) is 0 Å². The number of nitrogens with zero attached hydrogens (tertiary/aromatic N) is 1. The lowest BCUT2D eigenvalue weighted by Crippen LogP contribution is -2.62. The lowest BCUT2D eigenvalue weighted by Gasteiger charge is -2.49. The highest BCUT2D eigenvalue weighted by Gasteiger charge is 2.40. The molecule has 0 unspecified atom stereocenters. The third-order valence-corrected chi connectivity index (χ3v) is 6.09. The summed E-state index contributed by atoms with van der Waals surface area (Å²) >= 11 is 0. The summed E-state index contributed by atoms with van der Waals surface area (Å²) in [5.74, 6) is 1.61. The summed E-state index contributed by atoms with van der Waals surface area (Å²) in [6.07, 6.45) is 2.33. The maximum Gasteiger partial charge on any atom is 0.251 e. The van der Waals surface area contributed by atoms with Crippen LogP contribution in [0.1, 0.15) is 47.4 Å². The average Bonchev–Trinajstić information content (AvgIpc) is 2.71. The SMILES string of the molecule is CC(=O)c1ccccc1Oc1ccc(C(=O)N[C@@H]2C3CCN(CC3)[C@H]2C)cc1. The second-order valence-corrected chi connectivity index (χ2v) is 7.79. The first-order valence-electron chi connectivity index (χ1n) is 9.96. The van der Waals surface area contributed by atoms with Gasteiger partial charge in [-0.1, -0.05) is 12.1 Å². The minimum atomic E-state index is -0.0433. The van der Waals surface area contributed by atoms with Crippen LogP contribution in [-0.4, -0.2) is 41.8 Å². The molecule has 2 aromatic rings. The van der Waals surface area contributed by atoms with Crippen molar-refractivity contribution in [3.8, 4) is 11.5 Å². The summed E-state index contributed by atoms with van der Waals surface area (Å²) in [7, 11) is 0. The number of Topliss-reactive ketones (excluding diaryl/α,β-unsaturated/α-hetero) is 1. The number of fused-ring (bicyclic) bond motifs is 3. The number of hydrogen-bond acceptors (Lipinski definition) is 4. The molecule has 0 saturated carbocycles. The topological polar surface area (TPSA) is 58.6 Å². The molecule has 28 heavy (non-hydrogen) atoms. The second kappa shape index (κ2) is 7.76. The monoisotopic (exact) mass is 378 g/mol. The fourth-order valence-corrected chi connectivity index (χ4v) is 4.43. The van der Waals surface area contributed by atoms with Crippen LogP contribution in [0.15, 0.2) is 48.5 Å². The van der Waals surface area contributed by atoms with Gasteiger partial charge in [-0.25, -0.2) is 0 Å². The predicted octanol–water partition coefficient (Wildman–Crippen LogP) is 3.89. The number of para-hydroxylation sites is 1. The second-order valence-electron chi connectivity index (χ2n) is 7.79. The Hall–Kier alpha value is -2.66. The quantitative estimate of drug-likeness (QED) is 0.802. The van der Waals surface area contributed by atoms with Crippen LogP contribution < -0.4 is 10.1 Å². The normalized spacial score (nSPS) is 25.9. The summed E-state index contributed by atoms with van der Waals surface area (Å²) in [6.45, 7) is 6.02. The van der Waals surface area contributed by atoms with Gasteiger partial charge in [0, 0.05) is 17.6 Å². The minimum absolute atomic E-state index is 0.0405. The summed E-state index contributed by atoms with van der Waals surface area (Å²) in [6, 6.07) is 14.8. The van der Waals surface area contributed by atoms with Crippen molar-refractivity contribution in [2.24, 2.45) is 5.92 Å². The number of hydrogen-bond donors (Lipinski definition) is 1. The Morgan fingerprint density at radius 2 is 1.71 bits per heavy atom. The van der Waals surface area contributed by atoms with Gasteiger partial charge in [-0.05, 0) is 82.1 Å². The van der Waals surface area contributed by atoms with E-state index in [4.69, 9.17) is 4.74 Å². The van der Waals surface area contributed by atoms with Crippen molar-refractivity contribution in [3.63, 3.8) is 0 Å². The molecule has 0 aromatic heterocycles. The van der Waals surface area contributed by atoms with E-state index in [1.54, 1.807) is 36.4 Å². The van der Waals surface area contributed by atoms with Gasteiger partial charge < -0.3 is 10.1 Å². The molecule has 5 nitrogen and oxygen atoms in total. The Labute approximate surface area is 165 Å². The lowest BCUT2D eigenvalue weighted by atomic mass is 9.79. The summed E-state index contributed by atoms with van der Waals surface area (Å²) in [4.78, 5) is 26.9. The van der Waals surface area contributed by atoms with Crippen molar-refractivity contribution in [2.75, 3.05) is 13.1 Å². The summed E-state index contributed by atoms with van der Waals surface area (Å²) in [5, 5.41) is 3.24. The smallest absolute Gasteiger partial charge is 0.251 e. The fraction of sp³-hybridized carbons (Fsp3) is 0.391. The molecule has 0 spiro atoms. The molecule has 2 atom stereocenters. The maximum atomic E-state index is 12.7. The number of ketones is 1. The molecule has 0 aliphatic carbocycles. The van der Waals surface area contributed by atoms with Gasteiger partial charge in [0.15, 0.2) is 5.78 Å². The van der Waals surface area contributed by atoms with Crippen molar-refractivity contribution in [1.29, 1.82) is 0 Å². The molecule has 0 radical (unpaired) electrons. The highest BCUT2D eigenvalue weighted by atomic mass is 16.5. The van der Waals surface area contributed by atoms with Crippen LogP contribution in [0.5, 0.6) is 11.5 Å². The number of rotatable bonds is 5. The molecule has 146 valence electrons. The van der Waals surface area contributed by atoms with Gasteiger partial charge in [-0.3, -0.25) is 14.5 Å². The van der Waals surface area contributed by atoms with Gasteiger partial charge in [0.25, 0.3) is 5.91 Å². The van der Waals surface area contributed by atoms with Gasteiger partial charge in [0.1, 0.15) is 11.5 Å². The number of benzene rings is 2. The van der Waals surface area contributed by atoms with Gasteiger partial charge in [0.2, 0.25) is 0 Å². The number of carbonyl (C=O) groups excluding carboxylic acids is 2. The fourth-order valence-electron chi connectivity index (χ4n) is 4.43. The van der Waals surface area contributed by atoms with Crippen LogP contribution in [0.2, 0.25) is 0 Å². The molecular weight excluding hydrogens is 352 g/mol. The zero-order chi connectivity index (χ0) is 19.7. The molecule has 2 bridgehead atoms. The van der Waals surface area contributed by atoms with Crippen LogP contribution in [0, 0.1) is 5.92 Å². The minimum Gasteiger partial charge on any atom is -0.457 e. The van der Waals surface area contributed by atoms with E-state index < -0.39 is 0 Å². The molecule has 1 N–H and O–H groups in total. The Morgan fingerprint density at radius 3 is 2.36 bits per heavy atom. The number of amides is 1. The Morgan fingerprint density at radius 1 is 1.04 bits per heavy atom. The first-order valence-corrected chi connectivity index (χ1v) is 9.96. The summed E-state index contributed by atoms with van der Waals surface area (Å²) in [5.41, 5.74) is 1.16. The first-order chi connectivity index (χ1) is 13.5. The molecule has 3 aliphatic rings. The Kier molecular flexibility index (Phi) is 5.18. The van der Waals surface area contributed by atoms with Crippen molar-refractivity contribution < 1.29 is 14.3 Å². The Bertz CT molecular complexity index is 868. The number of ether oxygens (including phenoxy) is 1. The van der Waals surface area contributed by atoms with E-state index in [1.165, 1.54) is 6.92 Å². The first kappa shape index (κ1) is 18.7. The highest BCUT2D eigenvalue weighted by molar-refractivity contribution is 5.97. The highest BCUT2D eigenvalue weighted by Crippen LogP contribution is 2.32. The average molecular weight is 378 g/mol. The maximum absolute atomic E-state index is 12.7. The summed E-state index contributed by atoms with van der Waals surface area (Å²) < 4.78 is 5.85. The van der Waals surface area contributed by atoms with Gasteiger partial charge in [-0.15, -0.1) is 0 Å². The van der Waals surface area contributed by atoms with E-state index in [0.717, 1.165) is 25.9 Å². The third-order valence-electron chi connectivity index (χ3n) is 6.09. The van der Waals surface area contributed by atoms with E-state index in [1.807, 2.05) is 12.1 Å². The van der Waals surface area contributed by atoms with Gasteiger partial charge in [0.05, 0.1) is 5.56 Å². The third kappa shape index (κ3) is 3.67. The largest absolute Gasteiger partial charge is 0.457 e. The molecule has 2 aromatic carbocycles. The van der Waals surface area contributed by atoms with E-state index in [-0.39, 0.29) is 17.7 Å². The van der Waals surface area contributed by atoms with Gasteiger partial charge >= 0.3 is 0 Å². The molecule has 1 amide bonds.